The molecule has 3 aromatic rings. The average Bonchev–Trinajstić information content (AvgIpc) is 3.05. The van der Waals surface area contributed by atoms with Crippen LogP contribution >= 0.6 is 22.9 Å². The monoisotopic (exact) mass is 429 g/mol. The van der Waals surface area contributed by atoms with Gasteiger partial charge in [-0.3, -0.25) is 4.79 Å². The third-order valence-corrected chi connectivity index (χ3v) is 15.0. The molecule has 1 heterocycles. The average molecular weight is 430 g/mol. The fourth-order valence-electron chi connectivity index (χ4n) is 4.81. The van der Waals surface area contributed by atoms with Gasteiger partial charge in [-0.1, -0.05) is 59.2 Å². The molecule has 0 bridgehead atoms. The Bertz CT molecular complexity index is 970. The van der Waals surface area contributed by atoms with Crippen LogP contribution in [-0.2, 0) is 0 Å². The van der Waals surface area contributed by atoms with E-state index in [1.54, 1.807) is 35.6 Å². The van der Waals surface area contributed by atoms with Crippen LogP contribution in [0.5, 0.6) is 0 Å². The van der Waals surface area contributed by atoms with Gasteiger partial charge in [-0.2, -0.15) is 0 Å². The molecule has 148 valence electrons. The molecule has 2 nitrogen and oxygen atoms in total. The summed E-state index contributed by atoms with van der Waals surface area (Å²) in [6.07, 6.45) is 0. The van der Waals surface area contributed by atoms with Gasteiger partial charge in [0.15, 0.2) is 5.78 Å². The molecule has 0 amide bonds. The van der Waals surface area contributed by atoms with Crippen LogP contribution < -0.4 is 4.63 Å². The second-order valence-electron chi connectivity index (χ2n) is 8.40. The van der Waals surface area contributed by atoms with Crippen LogP contribution in [0, 0.1) is 0 Å². The van der Waals surface area contributed by atoms with Gasteiger partial charge in [0.05, 0.1) is 14.8 Å². The normalized spacial score (nSPS) is 12.5. The van der Waals surface area contributed by atoms with E-state index >= 15 is 0 Å². The number of rotatable bonds is 6. The fraction of sp³-hybridized carbons (Fsp3) is 0.391. The lowest BCUT2D eigenvalue weighted by Gasteiger charge is -2.41. The summed E-state index contributed by atoms with van der Waals surface area (Å²) in [5.41, 5.74) is 3.93. The van der Waals surface area contributed by atoms with E-state index < -0.39 is 8.07 Å². The van der Waals surface area contributed by atoms with Gasteiger partial charge in [-0.05, 0) is 53.0 Å². The van der Waals surface area contributed by atoms with E-state index in [1.165, 1.54) is 4.63 Å². The molecule has 0 aliphatic heterocycles. The van der Waals surface area contributed by atoms with Crippen LogP contribution in [0.3, 0.4) is 0 Å². The standard InChI is InChI=1S/C23H28ClNOSSi/c1-14(2)28(15(3)4,16(5)6)23-25-21-19(8-7-9-20(21)27-23)22(26)17-10-12-18(24)13-11-17/h7-16H,1-6H3. The van der Waals surface area contributed by atoms with Gasteiger partial charge in [0, 0.05) is 16.1 Å². The van der Waals surface area contributed by atoms with Crippen molar-refractivity contribution in [1.29, 1.82) is 0 Å². The summed E-state index contributed by atoms with van der Waals surface area (Å²) < 4.78 is 2.38. The van der Waals surface area contributed by atoms with Gasteiger partial charge in [0.25, 0.3) is 0 Å². The number of carbonyl (C=O) groups is 1. The number of thiazole rings is 1. The molecule has 28 heavy (non-hydrogen) atoms. The Balaban J connectivity index is 2.18. The van der Waals surface area contributed by atoms with Crippen molar-refractivity contribution in [3.05, 3.63) is 58.6 Å². The zero-order valence-corrected chi connectivity index (χ0v) is 20.0. The molecule has 3 rings (SSSR count). The number of benzene rings is 2. The maximum absolute atomic E-state index is 13.2. The van der Waals surface area contributed by atoms with Crippen molar-refractivity contribution in [2.75, 3.05) is 0 Å². The van der Waals surface area contributed by atoms with Crippen molar-refractivity contribution in [2.24, 2.45) is 0 Å². The summed E-state index contributed by atoms with van der Waals surface area (Å²) in [6, 6.07) is 13.0. The van der Waals surface area contributed by atoms with Crippen LogP contribution in [0.15, 0.2) is 42.5 Å². The molecule has 0 fully saturated rings. The molecule has 0 saturated carbocycles. The summed E-state index contributed by atoms with van der Waals surface area (Å²) in [4.78, 5) is 18.3. The van der Waals surface area contributed by atoms with E-state index in [0.29, 0.717) is 32.8 Å². The first kappa shape index (κ1) is 21.2. The summed E-state index contributed by atoms with van der Waals surface area (Å²) in [7, 11) is -1.85. The zero-order chi connectivity index (χ0) is 20.6. The van der Waals surface area contributed by atoms with Crippen LogP contribution in [0.2, 0.25) is 21.6 Å². The van der Waals surface area contributed by atoms with Crippen LogP contribution in [0.1, 0.15) is 57.5 Å². The minimum absolute atomic E-state index is 0.00465. The molecule has 0 atom stereocenters. The van der Waals surface area contributed by atoms with E-state index in [1.807, 2.05) is 12.1 Å². The predicted molar refractivity (Wildman–Crippen MR) is 125 cm³/mol. The molecular weight excluding hydrogens is 402 g/mol. The molecule has 0 aliphatic carbocycles. The molecule has 0 unspecified atom stereocenters. The van der Waals surface area contributed by atoms with E-state index in [0.717, 1.165) is 10.2 Å². The zero-order valence-electron chi connectivity index (χ0n) is 17.4. The second-order valence-corrected chi connectivity index (χ2v) is 16.0. The van der Waals surface area contributed by atoms with Crippen molar-refractivity contribution in [1.82, 2.24) is 4.98 Å². The van der Waals surface area contributed by atoms with Gasteiger partial charge < -0.3 is 0 Å². The third-order valence-electron chi connectivity index (χ3n) is 6.01. The Hall–Kier alpha value is -1.49. The van der Waals surface area contributed by atoms with Gasteiger partial charge in [0.1, 0.15) is 8.07 Å². The lowest BCUT2D eigenvalue weighted by molar-refractivity contribution is 0.104. The largest absolute Gasteiger partial charge is 0.289 e. The Morgan fingerprint density at radius 2 is 1.50 bits per heavy atom. The maximum Gasteiger partial charge on any atom is 0.195 e. The summed E-state index contributed by atoms with van der Waals surface area (Å²) in [5, 5.41) is 0.632. The first-order valence-electron chi connectivity index (χ1n) is 9.89. The first-order valence-corrected chi connectivity index (χ1v) is 13.3. The van der Waals surface area contributed by atoms with Crippen molar-refractivity contribution in [3.63, 3.8) is 0 Å². The number of hydrogen-bond donors (Lipinski definition) is 0. The lowest BCUT2D eigenvalue weighted by Crippen LogP contribution is -2.55. The van der Waals surface area contributed by atoms with Crippen molar-refractivity contribution in [3.8, 4) is 0 Å². The van der Waals surface area contributed by atoms with Crippen molar-refractivity contribution >= 4 is 51.6 Å². The fourth-order valence-corrected chi connectivity index (χ4v) is 14.6. The topological polar surface area (TPSA) is 30.0 Å². The first-order chi connectivity index (χ1) is 13.2. The number of nitrogens with zero attached hydrogens (tertiary/aromatic N) is 1. The minimum atomic E-state index is -1.85. The SMILES string of the molecule is CC(C)[Si](c1nc2c(C(=O)c3ccc(Cl)cc3)cccc2s1)(C(C)C)C(C)C. The van der Waals surface area contributed by atoms with Crippen LogP contribution in [-0.4, -0.2) is 18.8 Å². The molecule has 0 saturated heterocycles. The quantitative estimate of drug-likeness (QED) is 0.310. The highest BCUT2D eigenvalue weighted by Crippen LogP contribution is 2.42. The van der Waals surface area contributed by atoms with E-state index in [9.17, 15) is 4.79 Å². The van der Waals surface area contributed by atoms with Gasteiger partial charge in [-0.25, -0.2) is 4.98 Å². The molecule has 5 heteroatoms. The van der Waals surface area contributed by atoms with Crippen molar-refractivity contribution in [2.45, 2.75) is 58.2 Å². The maximum atomic E-state index is 13.2. The van der Waals surface area contributed by atoms with Gasteiger partial charge in [0.2, 0.25) is 0 Å². The molecule has 0 spiro atoms. The number of carbonyl (C=O) groups excluding carboxylic acids is 1. The van der Waals surface area contributed by atoms with Gasteiger partial charge >= 0.3 is 0 Å². The summed E-state index contributed by atoms with van der Waals surface area (Å²) in [6.45, 7) is 14.1. The Kier molecular flexibility index (Phi) is 6.13. The Morgan fingerprint density at radius 1 is 0.929 bits per heavy atom. The minimum Gasteiger partial charge on any atom is -0.289 e. The number of fused-ring (bicyclic) bond motifs is 1. The number of halogens is 1. The second kappa shape index (κ2) is 8.09. The molecule has 0 N–H and O–H groups in total. The predicted octanol–water partition coefficient (Wildman–Crippen LogP) is 7.07. The molecule has 1 aromatic heterocycles. The third kappa shape index (κ3) is 3.47. The van der Waals surface area contributed by atoms with Crippen molar-refractivity contribution < 1.29 is 4.79 Å². The van der Waals surface area contributed by atoms with E-state index in [4.69, 9.17) is 16.6 Å². The highest BCUT2D eigenvalue weighted by atomic mass is 35.5. The lowest BCUT2D eigenvalue weighted by atomic mass is 10.0. The number of aromatic nitrogens is 1. The van der Waals surface area contributed by atoms with Crippen LogP contribution in [0.4, 0.5) is 0 Å². The molecule has 0 radical (unpaired) electrons. The highest BCUT2D eigenvalue weighted by Gasteiger charge is 2.47. The Morgan fingerprint density at radius 3 is 2.04 bits per heavy atom. The van der Waals surface area contributed by atoms with Gasteiger partial charge in [-0.15, -0.1) is 11.3 Å². The highest BCUT2D eigenvalue weighted by molar-refractivity contribution is 7.31. The van der Waals surface area contributed by atoms with Crippen LogP contribution in [0.25, 0.3) is 10.2 Å². The summed E-state index contributed by atoms with van der Waals surface area (Å²) in [5.74, 6) is 0.00465. The van der Waals surface area contributed by atoms with E-state index in [2.05, 4.69) is 47.6 Å². The van der Waals surface area contributed by atoms with E-state index in [-0.39, 0.29) is 5.78 Å². The molecule has 2 aromatic carbocycles. The Labute approximate surface area is 178 Å². The number of para-hydroxylation sites is 1. The number of ketones is 1. The summed E-state index contributed by atoms with van der Waals surface area (Å²) >= 11 is 7.78. The molecule has 0 aliphatic rings. The molecular formula is C23H28ClNOSSi. The number of hydrogen-bond acceptors (Lipinski definition) is 3. The smallest absolute Gasteiger partial charge is 0.195 e.